The summed E-state index contributed by atoms with van der Waals surface area (Å²) >= 11 is 0. The van der Waals surface area contributed by atoms with Crippen molar-refractivity contribution in [1.82, 2.24) is 9.78 Å². The van der Waals surface area contributed by atoms with Crippen LogP contribution in [-0.4, -0.2) is 26.8 Å². The highest BCUT2D eigenvalue weighted by Crippen LogP contribution is 2.20. The van der Waals surface area contributed by atoms with Crippen molar-refractivity contribution in [1.29, 1.82) is 0 Å². The maximum Gasteiger partial charge on any atom is 0.310 e. The highest BCUT2D eigenvalue weighted by molar-refractivity contribution is 6.03. The van der Waals surface area contributed by atoms with Gasteiger partial charge in [-0.15, -0.1) is 0 Å². The van der Waals surface area contributed by atoms with Gasteiger partial charge in [0.1, 0.15) is 5.69 Å². The lowest BCUT2D eigenvalue weighted by Gasteiger charge is -2.10. The second kappa shape index (κ2) is 5.78. The average Bonchev–Trinajstić information content (AvgIpc) is 2.77. The Balaban J connectivity index is 2.20. The van der Waals surface area contributed by atoms with E-state index in [1.54, 1.807) is 44.3 Å². The zero-order valence-corrected chi connectivity index (χ0v) is 12.1. The van der Waals surface area contributed by atoms with Crippen molar-refractivity contribution in [3.05, 3.63) is 47.3 Å². The van der Waals surface area contributed by atoms with Gasteiger partial charge >= 0.3 is 5.97 Å². The standard InChI is InChI=1S/C15H17N3O3/c1-9-7-13(18(3)17-9)14(19)16-12-6-4-5-11(8-12)10(2)15(20)21/h4-8,10H,1-3H3,(H,16,19)(H,20,21)/t10-/m0/s1. The third-order valence-electron chi connectivity index (χ3n) is 3.25. The summed E-state index contributed by atoms with van der Waals surface area (Å²) in [5, 5.41) is 15.9. The van der Waals surface area contributed by atoms with E-state index in [0.717, 1.165) is 5.69 Å². The van der Waals surface area contributed by atoms with Crippen molar-refractivity contribution in [3.8, 4) is 0 Å². The molecule has 1 aromatic carbocycles. The molecule has 0 spiro atoms. The van der Waals surface area contributed by atoms with E-state index >= 15 is 0 Å². The van der Waals surface area contributed by atoms with Gasteiger partial charge < -0.3 is 10.4 Å². The first-order chi connectivity index (χ1) is 9.88. The summed E-state index contributed by atoms with van der Waals surface area (Å²) in [4.78, 5) is 23.2. The fourth-order valence-electron chi connectivity index (χ4n) is 2.05. The Hall–Kier alpha value is -2.63. The minimum atomic E-state index is -0.902. The van der Waals surface area contributed by atoms with Gasteiger partial charge in [-0.2, -0.15) is 5.10 Å². The molecule has 2 N–H and O–H groups in total. The Morgan fingerprint density at radius 1 is 1.33 bits per heavy atom. The van der Waals surface area contributed by atoms with Crippen molar-refractivity contribution < 1.29 is 14.7 Å². The highest BCUT2D eigenvalue weighted by Gasteiger charge is 2.15. The summed E-state index contributed by atoms with van der Waals surface area (Å²) in [6.07, 6.45) is 0. The van der Waals surface area contributed by atoms with Gasteiger partial charge in [-0.25, -0.2) is 0 Å². The number of benzene rings is 1. The number of amides is 1. The van der Waals surface area contributed by atoms with Gasteiger partial charge in [0, 0.05) is 12.7 Å². The molecular formula is C15H17N3O3. The van der Waals surface area contributed by atoms with Crippen molar-refractivity contribution in [2.75, 3.05) is 5.32 Å². The summed E-state index contributed by atoms with van der Waals surface area (Å²) in [7, 11) is 1.70. The Labute approximate surface area is 122 Å². The number of carboxylic acid groups (broad SMARTS) is 1. The fourth-order valence-corrected chi connectivity index (χ4v) is 2.05. The molecule has 0 radical (unpaired) electrons. The van der Waals surface area contributed by atoms with Crippen LogP contribution in [0.15, 0.2) is 30.3 Å². The Kier molecular flexibility index (Phi) is 4.07. The predicted molar refractivity (Wildman–Crippen MR) is 78.4 cm³/mol. The number of aromatic nitrogens is 2. The van der Waals surface area contributed by atoms with Gasteiger partial charge in [-0.05, 0) is 37.6 Å². The molecule has 1 atom stereocenters. The molecule has 0 saturated carbocycles. The maximum atomic E-state index is 12.2. The number of carbonyl (C=O) groups excluding carboxylic acids is 1. The molecule has 2 aromatic rings. The highest BCUT2D eigenvalue weighted by atomic mass is 16.4. The minimum Gasteiger partial charge on any atom is -0.481 e. The molecule has 1 heterocycles. The topological polar surface area (TPSA) is 84.2 Å². The maximum absolute atomic E-state index is 12.2. The van der Waals surface area contributed by atoms with Gasteiger partial charge in [-0.3, -0.25) is 14.3 Å². The SMILES string of the molecule is Cc1cc(C(=O)Nc2cccc([C@H](C)C(=O)O)c2)n(C)n1. The Morgan fingerprint density at radius 3 is 2.62 bits per heavy atom. The lowest BCUT2D eigenvalue weighted by molar-refractivity contribution is -0.138. The lowest BCUT2D eigenvalue weighted by Crippen LogP contribution is -2.16. The van der Waals surface area contributed by atoms with E-state index < -0.39 is 11.9 Å². The number of nitrogens with zero attached hydrogens (tertiary/aromatic N) is 2. The summed E-state index contributed by atoms with van der Waals surface area (Å²) in [6, 6.07) is 8.53. The van der Waals surface area contributed by atoms with Crippen molar-refractivity contribution >= 4 is 17.6 Å². The molecule has 0 unspecified atom stereocenters. The van der Waals surface area contributed by atoms with Crippen LogP contribution < -0.4 is 5.32 Å². The van der Waals surface area contributed by atoms with Gasteiger partial charge in [0.05, 0.1) is 11.6 Å². The van der Waals surface area contributed by atoms with Crippen LogP contribution >= 0.6 is 0 Å². The van der Waals surface area contributed by atoms with Gasteiger partial charge in [0.2, 0.25) is 0 Å². The molecule has 0 aliphatic rings. The molecule has 1 aromatic heterocycles. The Bertz CT molecular complexity index is 691. The number of aliphatic carboxylic acids is 1. The molecule has 0 bridgehead atoms. The number of carbonyl (C=O) groups is 2. The summed E-state index contributed by atoms with van der Waals surface area (Å²) in [5.41, 5.74) is 2.41. The first-order valence-corrected chi connectivity index (χ1v) is 6.53. The molecule has 1 amide bonds. The molecule has 110 valence electrons. The number of aryl methyl sites for hydroxylation is 2. The van der Waals surface area contributed by atoms with Crippen LogP contribution in [0.3, 0.4) is 0 Å². The number of carboxylic acids is 1. The summed E-state index contributed by atoms with van der Waals surface area (Å²) in [5.74, 6) is -1.81. The second-order valence-electron chi connectivity index (χ2n) is 4.93. The molecule has 6 nitrogen and oxygen atoms in total. The van der Waals surface area contributed by atoms with Crippen LogP contribution in [-0.2, 0) is 11.8 Å². The normalized spacial score (nSPS) is 12.0. The van der Waals surface area contributed by atoms with E-state index in [4.69, 9.17) is 5.11 Å². The quantitative estimate of drug-likeness (QED) is 0.902. The van der Waals surface area contributed by atoms with Crippen LogP contribution in [0.5, 0.6) is 0 Å². The monoisotopic (exact) mass is 287 g/mol. The number of hydrogen-bond donors (Lipinski definition) is 2. The molecule has 0 fully saturated rings. The predicted octanol–water partition coefficient (Wildman–Crippen LogP) is 2.17. The number of nitrogens with one attached hydrogen (secondary N) is 1. The van der Waals surface area contributed by atoms with Crippen LogP contribution in [0.25, 0.3) is 0 Å². The summed E-state index contributed by atoms with van der Waals surface area (Å²) < 4.78 is 1.51. The van der Waals surface area contributed by atoms with Crippen LogP contribution in [0.1, 0.15) is 34.6 Å². The molecule has 0 aliphatic carbocycles. The Morgan fingerprint density at radius 2 is 2.05 bits per heavy atom. The first kappa shape index (κ1) is 14.8. The minimum absolute atomic E-state index is 0.279. The van der Waals surface area contributed by atoms with Crippen molar-refractivity contribution in [2.24, 2.45) is 7.05 Å². The number of anilines is 1. The second-order valence-corrected chi connectivity index (χ2v) is 4.93. The zero-order valence-electron chi connectivity index (χ0n) is 12.1. The molecule has 0 aliphatic heterocycles. The average molecular weight is 287 g/mol. The largest absolute Gasteiger partial charge is 0.481 e. The van der Waals surface area contributed by atoms with E-state index in [1.807, 2.05) is 6.92 Å². The molecular weight excluding hydrogens is 270 g/mol. The molecule has 21 heavy (non-hydrogen) atoms. The van der Waals surface area contributed by atoms with E-state index in [0.29, 0.717) is 16.9 Å². The molecule has 0 saturated heterocycles. The lowest BCUT2D eigenvalue weighted by atomic mass is 10.0. The van der Waals surface area contributed by atoms with Gasteiger partial charge in [0.25, 0.3) is 5.91 Å². The smallest absolute Gasteiger partial charge is 0.310 e. The van der Waals surface area contributed by atoms with Crippen LogP contribution in [0.2, 0.25) is 0 Å². The molecule has 2 rings (SSSR count). The van der Waals surface area contributed by atoms with E-state index in [-0.39, 0.29) is 5.91 Å². The third kappa shape index (κ3) is 3.28. The molecule has 6 heteroatoms. The number of rotatable bonds is 4. The van der Waals surface area contributed by atoms with Crippen molar-refractivity contribution in [2.45, 2.75) is 19.8 Å². The van der Waals surface area contributed by atoms with E-state index in [9.17, 15) is 9.59 Å². The fraction of sp³-hybridized carbons (Fsp3) is 0.267. The first-order valence-electron chi connectivity index (χ1n) is 6.53. The van der Waals surface area contributed by atoms with E-state index in [2.05, 4.69) is 10.4 Å². The van der Waals surface area contributed by atoms with Crippen LogP contribution in [0, 0.1) is 6.92 Å². The van der Waals surface area contributed by atoms with Crippen molar-refractivity contribution in [3.63, 3.8) is 0 Å². The van der Waals surface area contributed by atoms with E-state index in [1.165, 1.54) is 4.68 Å². The zero-order chi connectivity index (χ0) is 15.6. The van der Waals surface area contributed by atoms with Gasteiger partial charge in [-0.1, -0.05) is 12.1 Å². The van der Waals surface area contributed by atoms with Gasteiger partial charge in [0.15, 0.2) is 0 Å². The summed E-state index contributed by atoms with van der Waals surface area (Å²) in [6.45, 7) is 3.42. The van der Waals surface area contributed by atoms with Crippen LogP contribution in [0.4, 0.5) is 5.69 Å². The third-order valence-corrected chi connectivity index (χ3v) is 3.25. The number of hydrogen-bond acceptors (Lipinski definition) is 3.